The summed E-state index contributed by atoms with van der Waals surface area (Å²) >= 11 is 2.58. The molecule has 0 saturated heterocycles. The monoisotopic (exact) mass is 261 g/mol. The van der Waals surface area contributed by atoms with E-state index < -0.39 is 5.60 Å². The lowest BCUT2D eigenvalue weighted by Gasteiger charge is -2.19. The van der Waals surface area contributed by atoms with Crippen LogP contribution in [0.25, 0.3) is 0 Å². The number of carbonyl (C=O) groups excluding carboxylic acids is 1. The Kier molecular flexibility index (Phi) is 4.55. The minimum absolute atomic E-state index is 0.223. The van der Waals surface area contributed by atoms with Gasteiger partial charge in [-0.15, -0.1) is 16.9 Å². The average Bonchev–Trinajstić information content (AvgIpc) is 2.48. The van der Waals surface area contributed by atoms with Gasteiger partial charge < -0.3 is 10.5 Å². The Bertz CT molecular complexity index is 360. The molecular formula is C9H15N3O2S2. The Balaban J connectivity index is 2.26. The lowest BCUT2D eigenvalue weighted by molar-refractivity contribution is -0.151. The van der Waals surface area contributed by atoms with Crippen LogP contribution < -0.4 is 5.73 Å². The topological polar surface area (TPSA) is 78.1 Å². The predicted molar refractivity (Wildman–Crippen MR) is 66.3 cm³/mol. The zero-order chi connectivity index (χ0) is 12.2. The lowest BCUT2D eigenvalue weighted by Crippen LogP contribution is -2.24. The number of nitrogen functional groups attached to an aromatic ring is 1. The standard InChI is InChI=1S/C9H15N3O2S2/c1-9(2,3)14-7(13)5-15-4-6-8(10)16-12-11-6/h4-5,10H2,1-3H3. The molecule has 0 atom stereocenters. The van der Waals surface area contributed by atoms with E-state index >= 15 is 0 Å². The summed E-state index contributed by atoms with van der Waals surface area (Å²) in [4.78, 5) is 11.4. The molecule has 7 heteroatoms. The molecular weight excluding hydrogens is 246 g/mol. The number of nitrogens with two attached hydrogens (primary N) is 1. The molecule has 0 aliphatic carbocycles. The number of anilines is 1. The van der Waals surface area contributed by atoms with E-state index in [1.54, 1.807) is 0 Å². The SMILES string of the molecule is CC(C)(C)OC(=O)CSCc1nnsc1N. The molecule has 1 heterocycles. The number of aromatic nitrogens is 2. The zero-order valence-corrected chi connectivity index (χ0v) is 11.2. The molecule has 0 radical (unpaired) electrons. The molecule has 0 aliphatic rings. The first-order valence-corrected chi connectivity index (χ1v) is 6.67. The quantitative estimate of drug-likeness (QED) is 0.831. The molecule has 0 bridgehead atoms. The van der Waals surface area contributed by atoms with Crippen molar-refractivity contribution in [2.45, 2.75) is 32.1 Å². The maximum Gasteiger partial charge on any atom is 0.316 e. The van der Waals surface area contributed by atoms with E-state index in [4.69, 9.17) is 10.5 Å². The van der Waals surface area contributed by atoms with Crippen molar-refractivity contribution in [3.05, 3.63) is 5.69 Å². The van der Waals surface area contributed by atoms with Crippen LogP contribution in [0.5, 0.6) is 0 Å². The van der Waals surface area contributed by atoms with E-state index in [2.05, 4.69) is 9.59 Å². The second kappa shape index (κ2) is 5.49. The van der Waals surface area contributed by atoms with E-state index in [0.29, 0.717) is 16.5 Å². The molecule has 2 N–H and O–H groups in total. The fraction of sp³-hybridized carbons (Fsp3) is 0.667. The highest BCUT2D eigenvalue weighted by atomic mass is 32.2. The van der Waals surface area contributed by atoms with Gasteiger partial charge in [-0.05, 0) is 20.8 Å². The highest BCUT2D eigenvalue weighted by molar-refractivity contribution is 7.99. The van der Waals surface area contributed by atoms with Crippen LogP contribution in [0.1, 0.15) is 26.5 Å². The fourth-order valence-electron chi connectivity index (χ4n) is 0.918. The van der Waals surface area contributed by atoms with E-state index in [1.165, 1.54) is 11.8 Å². The first-order chi connectivity index (χ1) is 7.38. The van der Waals surface area contributed by atoms with Gasteiger partial charge in [-0.2, -0.15) is 0 Å². The van der Waals surface area contributed by atoms with Gasteiger partial charge in [0.05, 0.1) is 5.75 Å². The van der Waals surface area contributed by atoms with Crippen LogP contribution in [-0.2, 0) is 15.3 Å². The molecule has 0 aromatic carbocycles. The molecule has 0 fully saturated rings. The largest absolute Gasteiger partial charge is 0.459 e. The third kappa shape index (κ3) is 4.80. The average molecular weight is 261 g/mol. The van der Waals surface area contributed by atoms with E-state index in [1.807, 2.05) is 20.8 Å². The fourth-order valence-corrected chi connectivity index (χ4v) is 2.19. The Labute approximate surface area is 103 Å². The Morgan fingerprint density at radius 1 is 1.56 bits per heavy atom. The van der Waals surface area contributed by atoms with Crippen molar-refractivity contribution in [2.75, 3.05) is 11.5 Å². The van der Waals surface area contributed by atoms with Gasteiger partial charge in [-0.1, -0.05) is 4.49 Å². The van der Waals surface area contributed by atoms with Crippen molar-refractivity contribution in [2.24, 2.45) is 0 Å². The summed E-state index contributed by atoms with van der Waals surface area (Å²) in [7, 11) is 0. The molecule has 1 aromatic heterocycles. The van der Waals surface area contributed by atoms with Gasteiger partial charge in [0.1, 0.15) is 16.3 Å². The van der Waals surface area contributed by atoms with Gasteiger partial charge in [0.25, 0.3) is 0 Å². The van der Waals surface area contributed by atoms with E-state index in [9.17, 15) is 4.79 Å². The summed E-state index contributed by atoms with van der Waals surface area (Å²) in [6, 6.07) is 0. The Hall–Kier alpha value is -0.820. The Morgan fingerprint density at radius 3 is 2.75 bits per heavy atom. The maximum atomic E-state index is 11.4. The van der Waals surface area contributed by atoms with Crippen molar-refractivity contribution in [1.82, 2.24) is 9.59 Å². The lowest BCUT2D eigenvalue weighted by atomic mass is 10.2. The molecule has 1 rings (SSSR count). The van der Waals surface area contributed by atoms with Crippen molar-refractivity contribution in [3.8, 4) is 0 Å². The van der Waals surface area contributed by atoms with Crippen LogP contribution >= 0.6 is 23.3 Å². The van der Waals surface area contributed by atoms with Crippen molar-refractivity contribution in [3.63, 3.8) is 0 Å². The summed E-state index contributed by atoms with van der Waals surface area (Å²) in [5.41, 5.74) is 5.93. The van der Waals surface area contributed by atoms with Crippen LogP contribution in [0.2, 0.25) is 0 Å². The number of carbonyl (C=O) groups is 1. The van der Waals surface area contributed by atoms with Crippen molar-refractivity contribution >= 4 is 34.3 Å². The summed E-state index contributed by atoms with van der Waals surface area (Å²) in [6.45, 7) is 5.54. The maximum absolute atomic E-state index is 11.4. The van der Waals surface area contributed by atoms with Crippen LogP contribution in [0.3, 0.4) is 0 Å². The van der Waals surface area contributed by atoms with Gasteiger partial charge in [-0.3, -0.25) is 4.79 Å². The molecule has 0 unspecified atom stereocenters. The number of nitrogens with zero attached hydrogens (tertiary/aromatic N) is 2. The first-order valence-electron chi connectivity index (χ1n) is 4.75. The molecule has 90 valence electrons. The predicted octanol–water partition coefficient (Wildman–Crippen LogP) is 1.70. The molecule has 0 saturated carbocycles. The second-order valence-corrected chi connectivity index (χ2v) is 5.93. The van der Waals surface area contributed by atoms with E-state index in [-0.39, 0.29) is 5.97 Å². The summed E-state index contributed by atoms with van der Waals surface area (Å²) in [5, 5.41) is 4.47. The highest BCUT2D eigenvalue weighted by Gasteiger charge is 2.16. The molecule has 1 aromatic rings. The van der Waals surface area contributed by atoms with Crippen molar-refractivity contribution < 1.29 is 9.53 Å². The summed E-state index contributed by atoms with van der Waals surface area (Å²) < 4.78 is 8.88. The number of esters is 1. The minimum atomic E-state index is -0.432. The normalized spacial score (nSPS) is 11.4. The number of hydrogen-bond donors (Lipinski definition) is 1. The van der Waals surface area contributed by atoms with Crippen LogP contribution in [0, 0.1) is 0 Å². The smallest absolute Gasteiger partial charge is 0.316 e. The molecule has 16 heavy (non-hydrogen) atoms. The van der Waals surface area contributed by atoms with Gasteiger partial charge in [-0.25, -0.2) is 0 Å². The summed E-state index contributed by atoms with van der Waals surface area (Å²) in [5.74, 6) is 0.662. The van der Waals surface area contributed by atoms with E-state index in [0.717, 1.165) is 17.2 Å². The molecule has 0 amide bonds. The zero-order valence-electron chi connectivity index (χ0n) is 9.52. The highest BCUT2D eigenvalue weighted by Crippen LogP contribution is 2.19. The van der Waals surface area contributed by atoms with Crippen LogP contribution in [0.15, 0.2) is 0 Å². The van der Waals surface area contributed by atoms with Crippen LogP contribution in [0.4, 0.5) is 5.00 Å². The number of rotatable bonds is 4. The van der Waals surface area contributed by atoms with Gasteiger partial charge in [0.2, 0.25) is 0 Å². The number of ether oxygens (including phenoxy) is 1. The number of hydrogen-bond acceptors (Lipinski definition) is 7. The third-order valence-corrected chi connectivity index (χ3v) is 2.98. The molecule has 0 spiro atoms. The Morgan fingerprint density at radius 2 is 2.25 bits per heavy atom. The third-order valence-electron chi connectivity index (χ3n) is 1.46. The van der Waals surface area contributed by atoms with Gasteiger partial charge in [0, 0.05) is 17.3 Å². The van der Waals surface area contributed by atoms with Crippen LogP contribution in [-0.4, -0.2) is 26.9 Å². The van der Waals surface area contributed by atoms with Gasteiger partial charge in [0.15, 0.2) is 0 Å². The van der Waals surface area contributed by atoms with Crippen molar-refractivity contribution in [1.29, 1.82) is 0 Å². The molecule has 0 aliphatic heterocycles. The molecule has 5 nitrogen and oxygen atoms in total. The first kappa shape index (κ1) is 13.2. The number of thioether (sulfide) groups is 1. The van der Waals surface area contributed by atoms with Gasteiger partial charge >= 0.3 is 5.97 Å². The second-order valence-electron chi connectivity index (χ2n) is 4.16. The summed E-state index contributed by atoms with van der Waals surface area (Å²) in [6.07, 6.45) is 0. The minimum Gasteiger partial charge on any atom is -0.459 e.